The Bertz CT molecular complexity index is 1070. The monoisotopic (exact) mass is 480 g/mol. The summed E-state index contributed by atoms with van der Waals surface area (Å²) in [6.07, 6.45) is 8.75. The number of rotatable bonds is 8. The van der Waals surface area contributed by atoms with Gasteiger partial charge in [0.15, 0.2) is 6.04 Å². The van der Waals surface area contributed by atoms with Crippen molar-refractivity contribution >= 4 is 46.3 Å². The van der Waals surface area contributed by atoms with Crippen LogP contribution in [0.25, 0.3) is 6.08 Å². The minimum absolute atomic E-state index is 0.148. The molecule has 2 heterocycles. The molecular weight excluding hydrogens is 452 g/mol. The minimum Gasteiger partial charge on any atom is -0.497 e. The highest BCUT2D eigenvalue weighted by atomic mass is 32.1. The van der Waals surface area contributed by atoms with E-state index in [-0.39, 0.29) is 17.9 Å². The molecule has 1 aliphatic carbocycles. The van der Waals surface area contributed by atoms with Gasteiger partial charge in [-0.25, -0.2) is 0 Å². The Kier molecular flexibility index (Phi) is 7.96. The number of methoxy groups -OCH3 is 1. The van der Waals surface area contributed by atoms with Crippen LogP contribution in [-0.4, -0.2) is 25.0 Å². The fourth-order valence-corrected chi connectivity index (χ4v) is 5.56. The molecule has 0 radical (unpaired) electrons. The molecule has 1 atom stereocenters. The molecule has 172 valence electrons. The number of carbonyl (C=O) groups excluding carboxylic acids is 2. The summed E-state index contributed by atoms with van der Waals surface area (Å²) in [5.41, 5.74) is 0.618. The predicted molar refractivity (Wildman–Crippen MR) is 136 cm³/mol. The molecule has 1 aliphatic rings. The molecule has 2 aromatic heterocycles. The maximum Gasteiger partial charge on any atom is 0.252 e. The van der Waals surface area contributed by atoms with Gasteiger partial charge in [0.1, 0.15) is 5.75 Å². The lowest BCUT2D eigenvalue weighted by Gasteiger charge is -2.32. The van der Waals surface area contributed by atoms with Gasteiger partial charge in [0, 0.05) is 33.6 Å². The summed E-state index contributed by atoms with van der Waals surface area (Å²) in [5, 5.41) is 7.14. The fourth-order valence-electron chi connectivity index (χ4n) is 4.13. The number of carbonyl (C=O) groups is 2. The van der Waals surface area contributed by atoms with E-state index in [9.17, 15) is 9.59 Å². The SMILES string of the molecule is COc1cccc(N(C(=O)/C=C/c2cccs2)C(C(=O)NC2CCCCC2)c2cccs2)c1. The quantitative estimate of drug-likeness (QED) is 0.399. The Morgan fingerprint density at radius 1 is 1.06 bits per heavy atom. The van der Waals surface area contributed by atoms with Crippen LogP contribution in [0, 0.1) is 0 Å². The standard InChI is InChI=1S/C26H28N2O3S2/c1-31-21-11-5-10-20(18-21)28(24(29)15-14-22-12-6-16-32-22)25(23-13-7-17-33-23)26(30)27-19-8-3-2-4-9-19/h5-7,10-19,25H,2-4,8-9H2,1H3,(H,27,30)/b15-14+. The first kappa shape index (κ1) is 23.3. The smallest absolute Gasteiger partial charge is 0.252 e. The Labute approximate surface area is 202 Å². The Balaban J connectivity index is 1.71. The van der Waals surface area contributed by atoms with Crippen molar-refractivity contribution in [1.29, 1.82) is 0 Å². The summed E-state index contributed by atoms with van der Waals surface area (Å²) in [6.45, 7) is 0. The van der Waals surface area contributed by atoms with Crippen LogP contribution in [0.3, 0.4) is 0 Å². The van der Waals surface area contributed by atoms with E-state index in [1.807, 2.05) is 53.2 Å². The van der Waals surface area contributed by atoms with Gasteiger partial charge in [0.25, 0.3) is 5.91 Å². The van der Waals surface area contributed by atoms with E-state index in [2.05, 4.69) is 5.32 Å². The molecule has 1 fully saturated rings. The van der Waals surface area contributed by atoms with Gasteiger partial charge in [0.2, 0.25) is 5.91 Å². The van der Waals surface area contributed by atoms with Gasteiger partial charge in [-0.05, 0) is 53.9 Å². The molecule has 3 aromatic rings. The number of nitrogens with one attached hydrogen (secondary N) is 1. The first-order valence-electron chi connectivity index (χ1n) is 11.2. The molecular formula is C26H28N2O3S2. The van der Waals surface area contributed by atoms with Crippen molar-refractivity contribution in [3.63, 3.8) is 0 Å². The molecule has 7 heteroatoms. The second-order valence-corrected chi connectivity index (χ2v) is 9.98. The molecule has 4 rings (SSSR count). The second-order valence-electron chi connectivity index (χ2n) is 8.02. The number of nitrogens with zero attached hydrogens (tertiary/aromatic N) is 1. The van der Waals surface area contributed by atoms with Gasteiger partial charge >= 0.3 is 0 Å². The summed E-state index contributed by atoms with van der Waals surface area (Å²) >= 11 is 3.04. The normalized spacial score (nSPS) is 15.3. The number of amides is 2. The van der Waals surface area contributed by atoms with Crippen LogP contribution in [-0.2, 0) is 9.59 Å². The molecule has 1 aromatic carbocycles. The number of ether oxygens (including phenoxy) is 1. The number of benzene rings is 1. The van der Waals surface area contributed by atoms with Crippen molar-refractivity contribution in [2.45, 2.75) is 44.2 Å². The van der Waals surface area contributed by atoms with Crippen LogP contribution < -0.4 is 15.0 Å². The minimum atomic E-state index is -0.764. The Morgan fingerprint density at radius 2 is 1.85 bits per heavy atom. The maximum absolute atomic E-state index is 13.7. The van der Waals surface area contributed by atoms with E-state index in [0.29, 0.717) is 11.4 Å². The summed E-state index contributed by atoms with van der Waals surface area (Å²) in [6, 6.07) is 14.4. The maximum atomic E-state index is 13.7. The van der Waals surface area contributed by atoms with Crippen molar-refractivity contribution in [2.24, 2.45) is 0 Å². The van der Waals surface area contributed by atoms with Gasteiger partial charge < -0.3 is 10.1 Å². The average Bonchev–Trinajstić information content (AvgIpc) is 3.56. The largest absolute Gasteiger partial charge is 0.497 e. The van der Waals surface area contributed by atoms with E-state index in [0.717, 1.165) is 35.4 Å². The average molecular weight is 481 g/mol. The number of anilines is 1. The molecule has 0 aliphatic heterocycles. The molecule has 2 amide bonds. The highest BCUT2D eigenvalue weighted by molar-refractivity contribution is 7.11. The third-order valence-electron chi connectivity index (χ3n) is 5.77. The van der Waals surface area contributed by atoms with E-state index >= 15 is 0 Å². The van der Waals surface area contributed by atoms with Crippen LogP contribution in [0.5, 0.6) is 5.75 Å². The van der Waals surface area contributed by atoms with Crippen LogP contribution in [0.1, 0.15) is 47.9 Å². The van der Waals surface area contributed by atoms with Gasteiger partial charge in [-0.15, -0.1) is 22.7 Å². The highest BCUT2D eigenvalue weighted by Crippen LogP contribution is 2.33. The zero-order chi connectivity index (χ0) is 23.0. The van der Waals surface area contributed by atoms with Gasteiger partial charge in [0.05, 0.1) is 7.11 Å². The Hall–Kier alpha value is -2.90. The topological polar surface area (TPSA) is 58.6 Å². The van der Waals surface area contributed by atoms with Gasteiger partial charge in [-0.1, -0.05) is 37.5 Å². The number of thiophene rings is 2. The third-order valence-corrected chi connectivity index (χ3v) is 7.54. The predicted octanol–water partition coefficient (Wildman–Crippen LogP) is 6.05. The molecule has 1 N–H and O–H groups in total. The van der Waals surface area contributed by atoms with E-state index in [1.54, 1.807) is 41.6 Å². The van der Waals surface area contributed by atoms with E-state index in [4.69, 9.17) is 4.74 Å². The van der Waals surface area contributed by atoms with Gasteiger partial charge in [-0.2, -0.15) is 0 Å². The summed E-state index contributed by atoms with van der Waals surface area (Å²) < 4.78 is 5.40. The molecule has 0 spiro atoms. The highest BCUT2D eigenvalue weighted by Gasteiger charge is 2.34. The molecule has 0 saturated heterocycles. The lowest BCUT2D eigenvalue weighted by atomic mass is 9.95. The molecule has 0 bridgehead atoms. The van der Waals surface area contributed by atoms with Crippen LogP contribution in [0.4, 0.5) is 5.69 Å². The van der Waals surface area contributed by atoms with E-state index in [1.165, 1.54) is 17.8 Å². The summed E-state index contributed by atoms with van der Waals surface area (Å²) in [5.74, 6) is 0.226. The number of hydrogen-bond donors (Lipinski definition) is 1. The molecule has 5 nitrogen and oxygen atoms in total. The molecule has 1 saturated carbocycles. The van der Waals surface area contributed by atoms with E-state index < -0.39 is 6.04 Å². The van der Waals surface area contributed by atoms with Crippen molar-refractivity contribution in [3.8, 4) is 5.75 Å². The first-order valence-corrected chi connectivity index (χ1v) is 12.9. The second kappa shape index (κ2) is 11.3. The van der Waals surface area contributed by atoms with Crippen molar-refractivity contribution in [2.75, 3.05) is 12.0 Å². The zero-order valence-corrected chi connectivity index (χ0v) is 20.2. The zero-order valence-electron chi connectivity index (χ0n) is 18.6. The lowest BCUT2D eigenvalue weighted by molar-refractivity contribution is -0.126. The Morgan fingerprint density at radius 3 is 2.55 bits per heavy atom. The molecule has 33 heavy (non-hydrogen) atoms. The van der Waals surface area contributed by atoms with Crippen molar-refractivity contribution in [3.05, 3.63) is 75.1 Å². The van der Waals surface area contributed by atoms with Crippen LogP contribution in [0.15, 0.2) is 65.4 Å². The van der Waals surface area contributed by atoms with Crippen molar-refractivity contribution in [1.82, 2.24) is 5.32 Å². The molecule has 1 unspecified atom stereocenters. The van der Waals surface area contributed by atoms with Crippen molar-refractivity contribution < 1.29 is 14.3 Å². The number of hydrogen-bond acceptors (Lipinski definition) is 5. The summed E-state index contributed by atoms with van der Waals surface area (Å²) in [4.78, 5) is 30.6. The van der Waals surface area contributed by atoms with Gasteiger partial charge in [-0.3, -0.25) is 14.5 Å². The lowest BCUT2D eigenvalue weighted by Crippen LogP contribution is -2.46. The van der Waals surface area contributed by atoms with Crippen LogP contribution in [0.2, 0.25) is 0 Å². The third kappa shape index (κ3) is 5.92. The van der Waals surface area contributed by atoms with Crippen LogP contribution >= 0.6 is 22.7 Å². The first-order chi connectivity index (χ1) is 16.2. The fraction of sp³-hybridized carbons (Fsp3) is 0.308. The summed E-state index contributed by atoms with van der Waals surface area (Å²) in [7, 11) is 1.59.